The lowest BCUT2D eigenvalue weighted by Gasteiger charge is -2.13. The number of nitrogens with zero attached hydrogens (tertiary/aromatic N) is 2. The number of ether oxygens (including phenoxy) is 1. The van der Waals surface area contributed by atoms with Crippen molar-refractivity contribution in [3.05, 3.63) is 35.7 Å². The zero-order valence-electron chi connectivity index (χ0n) is 14.0. The molecule has 3 aromatic rings. The summed E-state index contributed by atoms with van der Waals surface area (Å²) in [5.74, 6) is -0.0177. The maximum absolute atomic E-state index is 13.4. The minimum Gasteiger partial charge on any atom is -0.481 e. The topological polar surface area (TPSA) is 84.9 Å². The lowest BCUT2D eigenvalue weighted by atomic mass is 10.00. The van der Waals surface area contributed by atoms with Crippen LogP contribution in [-0.2, 0) is 16.0 Å². The van der Waals surface area contributed by atoms with Crippen LogP contribution in [0, 0.1) is 6.92 Å². The average Bonchev–Trinajstić information content (AvgIpc) is 2.96. The minimum atomic E-state index is -4.68. The van der Waals surface area contributed by atoms with Gasteiger partial charge in [0, 0.05) is 11.6 Å². The highest BCUT2D eigenvalue weighted by atomic mass is 32.2. The molecule has 2 aromatic heterocycles. The van der Waals surface area contributed by atoms with Gasteiger partial charge in [-0.3, -0.25) is 5.10 Å². The third-order valence-electron chi connectivity index (χ3n) is 3.89. The first kappa shape index (κ1) is 18.2. The van der Waals surface area contributed by atoms with Crippen LogP contribution in [0.4, 0.5) is 13.2 Å². The van der Waals surface area contributed by atoms with Gasteiger partial charge in [0.1, 0.15) is 0 Å². The fourth-order valence-electron chi connectivity index (χ4n) is 2.85. The van der Waals surface area contributed by atoms with Gasteiger partial charge in [-0.2, -0.15) is 18.3 Å². The number of methoxy groups -OCH3 is 1. The van der Waals surface area contributed by atoms with E-state index in [9.17, 15) is 21.6 Å². The maximum Gasteiger partial charge on any atom is 0.435 e. The highest BCUT2D eigenvalue weighted by Crippen LogP contribution is 2.42. The summed E-state index contributed by atoms with van der Waals surface area (Å²) in [4.78, 5) is 4.12. The third-order valence-corrected chi connectivity index (χ3v) is 5.15. The second-order valence-corrected chi connectivity index (χ2v) is 7.74. The molecular formula is C16H14F3N3O3S. The van der Waals surface area contributed by atoms with Crippen LogP contribution in [0.25, 0.3) is 22.0 Å². The first-order valence-corrected chi connectivity index (χ1v) is 9.22. The predicted molar refractivity (Wildman–Crippen MR) is 88.7 cm³/mol. The number of aryl methyl sites for hydroxylation is 1. The van der Waals surface area contributed by atoms with Crippen LogP contribution >= 0.6 is 0 Å². The first-order valence-electron chi connectivity index (χ1n) is 7.33. The molecule has 26 heavy (non-hydrogen) atoms. The molecule has 6 nitrogen and oxygen atoms in total. The van der Waals surface area contributed by atoms with Crippen molar-refractivity contribution in [3.8, 4) is 17.0 Å². The molecule has 0 aliphatic carbocycles. The van der Waals surface area contributed by atoms with Crippen LogP contribution in [0.5, 0.6) is 5.88 Å². The summed E-state index contributed by atoms with van der Waals surface area (Å²) >= 11 is 0. The van der Waals surface area contributed by atoms with Crippen molar-refractivity contribution in [2.24, 2.45) is 0 Å². The number of halogens is 3. The number of benzene rings is 1. The predicted octanol–water partition coefficient (Wildman–Crippen LogP) is 3.36. The van der Waals surface area contributed by atoms with E-state index in [4.69, 9.17) is 4.74 Å². The Labute approximate surface area is 146 Å². The summed E-state index contributed by atoms with van der Waals surface area (Å²) < 4.78 is 68.8. The van der Waals surface area contributed by atoms with Crippen LogP contribution in [0.2, 0.25) is 0 Å². The van der Waals surface area contributed by atoms with E-state index in [0.717, 1.165) is 6.26 Å². The van der Waals surface area contributed by atoms with E-state index in [-0.39, 0.29) is 27.2 Å². The molecule has 1 aromatic carbocycles. The van der Waals surface area contributed by atoms with E-state index in [1.807, 2.05) is 0 Å². The van der Waals surface area contributed by atoms with Gasteiger partial charge in [0.05, 0.1) is 29.3 Å². The Morgan fingerprint density at radius 2 is 1.92 bits per heavy atom. The molecule has 0 unspecified atom stereocenters. The van der Waals surface area contributed by atoms with Crippen molar-refractivity contribution in [3.63, 3.8) is 0 Å². The summed E-state index contributed by atoms with van der Waals surface area (Å²) in [5.41, 5.74) is -0.155. The van der Waals surface area contributed by atoms with Gasteiger partial charge in [-0.15, -0.1) is 0 Å². The van der Waals surface area contributed by atoms with Crippen LogP contribution < -0.4 is 4.74 Å². The summed E-state index contributed by atoms with van der Waals surface area (Å²) in [6, 6.07) is 4.27. The zero-order chi connectivity index (χ0) is 19.3. The number of sulfone groups is 1. The molecule has 0 aliphatic rings. The fourth-order valence-corrected chi connectivity index (χ4v) is 3.80. The molecule has 3 rings (SSSR count). The Bertz CT molecular complexity index is 1110. The highest BCUT2D eigenvalue weighted by molar-refractivity contribution is 7.90. The van der Waals surface area contributed by atoms with Gasteiger partial charge < -0.3 is 4.74 Å². The summed E-state index contributed by atoms with van der Waals surface area (Å²) in [5, 5.41) is 5.50. The van der Waals surface area contributed by atoms with Gasteiger partial charge >= 0.3 is 6.18 Å². The van der Waals surface area contributed by atoms with Gasteiger partial charge in [0.2, 0.25) is 5.88 Å². The van der Waals surface area contributed by atoms with Crippen LogP contribution in [0.1, 0.15) is 11.3 Å². The van der Waals surface area contributed by atoms with Crippen LogP contribution in [-0.4, -0.2) is 37.0 Å². The van der Waals surface area contributed by atoms with Gasteiger partial charge in [-0.25, -0.2) is 13.4 Å². The lowest BCUT2D eigenvalue weighted by molar-refractivity contribution is -0.139. The SMILES string of the molecule is COc1ncc2[nH]nc(C(F)(F)F)c2c1-c1ccc(S(C)(=O)=O)c(C)c1. The number of fused-ring (bicyclic) bond motifs is 1. The average molecular weight is 385 g/mol. The van der Waals surface area contributed by atoms with E-state index >= 15 is 0 Å². The van der Waals surface area contributed by atoms with Gasteiger partial charge in [-0.1, -0.05) is 6.07 Å². The molecule has 1 N–H and O–H groups in total. The summed E-state index contributed by atoms with van der Waals surface area (Å²) in [6.07, 6.45) is -2.41. The minimum absolute atomic E-state index is 0.0177. The van der Waals surface area contributed by atoms with E-state index in [0.29, 0.717) is 11.1 Å². The molecule has 0 atom stereocenters. The van der Waals surface area contributed by atoms with E-state index in [2.05, 4.69) is 15.2 Å². The second-order valence-electron chi connectivity index (χ2n) is 5.75. The highest BCUT2D eigenvalue weighted by Gasteiger charge is 2.37. The van der Waals surface area contributed by atoms with Crippen molar-refractivity contribution in [1.82, 2.24) is 15.2 Å². The molecule has 0 bridgehead atoms. The van der Waals surface area contributed by atoms with Crippen molar-refractivity contribution < 1.29 is 26.3 Å². The molecule has 0 saturated heterocycles. The summed E-state index contributed by atoms with van der Waals surface area (Å²) in [6.45, 7) is 1.57. The van der Waals surface area contributed by atoms with Crippen LogP contribution in [0.15, 0.2) is 29.3 Å². The first-order chi connectivity index (χ1) is 12.0. The monoisotopic (exact) mass is 385 g/mol. The summed E-state index contributed by atoms with van der Waals surface area (Å²) in [7, 11) is -2.16. The normalized spacial score (nSPS) is 12.5. The number of H-pyrrole nitrogens is 1. The number of aromatic nitrogens is 3. The van der Waals surface area contributed by atoms with E-state index < -0.39 is 21.7 Å². The standard InChI is InChI=1S/C16H14F3N3O3S/c1-8-6-9(4-5-11(8)26(3,23)24)12-13-10(7-20-15(12)25-2)21-22-14(13)16(17,18)19/h4-7H,1-3H3,(H,21,22). The van der Waals surface area contributed by atoms with Crippen molar-refractivity contribution >= 4 is 20.7 Å². The number of aromatic amines is 1. The molecule has 0 saturated carbocycles. The molecule has 0 radical (unpaired) electrons. The number of hydrogen-bond acceptors (Lipinski definition) is 5. The van der Waals surface area contributed by atoms with Gasteiger partial charge in [-0.05, 0) is 30.2 Å². The number of pyridine rings is 1. The molecule has 0 aliphatic heterocycles. The van der Waals surface area contributed by atoms with Crippen molar-refractivity contribution in [2.45, 2.75) is 18.0 Å². The Balaban J connectivity index is 2.37. The molecule has 0 amide bonds. The molecular weight excluding hydrogens is 371 g/mol. The Kier molecular flexibility index (Phi) is 4.18. The quantitative estimate of drug-likeness (QED) is 0.747. The third kappa shape index (κ3) is 3.00. The molecule has 138 valence electrons. The number of rotatable bonds is 3. The largest absolute Gasteiger partial charge is 0.481 e. The second kappa shape index (κ2) is 5.97. The number of alkyl halides is 3. The Morgan fingerprint density at radius 3 is 2.46 bits per heavy atom. The van der Waals surface area contributed by atoms with E-state index in [1.165, 1.54) is 31.5 Å². The molecule has 10 heteroatoms. The maximum atomic E-state index is 13.4. The van der Waals surface area contributed by atoms with Crippen LogP contribution in [0.3, 0.4) is 0 Å². The Hall–Kier alpha value is -2.62. The smallest absolute Gasteiger partial charge is 0.435 e. The van der Waals surface area contributed by atoms with E-state index in [1.54, 1.807) is 6.92 Å². The Morgan fingerprint density at radius 1 is 1.23 bits per heavy atom. The van der Waals surface area contributed by atoms with Gasteiger partial charge in [0.15, 0.2) is 15.5 Å². The molecule has 0 spiro atoms. The van der Waals surface area contributed by atoms with Gasteiger partial charge in [0.25, 0.3) is 0 Å². The zero-order valence-corrected chi connectivity index (χ0v) is 14.8. The van der Waals surface area contributed by atoms with Crippen molar-refractivity contribution in [2.75, 3.05) is 13.4 Å². The number of hydrogen-bond donors (Lipinski definition) is 1. The van der Waals surface area contributed by atoms with Crippen molar-refractivity contribution in [1.29, 1.82) is 0 Å². The molecule has 2 heterocycles. The fraction of sp³-hybridized carbons (Fsp3) is 0.250. The molecule has 0 fully saturated rings. The number of nitrogens with one attached hydrogen (secondary N) is 1. The lowest BCUT2D eigenvalue weighted by Crippen LogP contribution is -2.07.